The molecule has 0 saturated carbocycles. The molecule has 1 heterocycles. The zero-order valence-corrected chi connectivity index (χ0v) is 8.77. The summed E-state index contributed by atoms with van der Waals surface area (Å²) in [5.74, 6) is 0. The van der Waals surface area contributed by atoms with Crippen LogP contribution in [0.5, 0.6) is 0 Å². The number of hydrogen-bond acceptors (Lipinski definition) is 1. The Balaban J connectivity index is 2.52. The molecular formula is C12H11F3O. The minimum atomic E-state index is -4.31. The van der Waals surface area contributed by atoms with Gasteiger partial charge in [0.25, 0.3) is 0 Å². The third-order valence-electron chi connectivity index (χ3n) is 2.71. The number of ether oxygens (including phenoxy) is 1. The van der Waals surface area contributed by atoms with Crippen molar-refractivity contribution in [3.05, 3.63) is 41.5 Å². The van der Waals surface area contributed by atoms with Gasteiger partial charge in [-0.05, 0) is 35.8 Å². The third-order valence-corrected chi connectivity index (χ3v) is 2.71. The third kappa shape index (κ3) is 1.85. The first-order valence-electron chi connectivity index (χ1n) is 4.90. The molecule has 1 aromatic carbocycles. The van der Waals surface area contributed by atoms with E-state index >= 15 is 0 Å². The van der Waals surface area contributed by atoms with Crippen molar-refractivity contribution in [1.82, 2.24) is 0 Å². The predicted octanol–water partition coefficient (Wildman–Crippen LogP) is 3.81. The van der Waals surface area contributed by atoms with Crippen LogP contribution in [0.25, 0.3) is 5.57 Å². The number of rotatable bonds is 0. The van der Waals surface area contributed by atoms with Crippen LogP contribution in [0.1, 0.15) is 29.7 Å². The molecule has 0 N–H and O–H groups in total. The van der Waals surface area contributed by atoms with Gasteiger partial charge in [0.05, 0.1) is 18.3 Å². The predicted molar refractivity (Wildman–Crippen MR) is 54.8 cm³/mol. The van der Waals surface area contributed by atoms with Gasteiger partial charge in [0, 0.05) is 0 Å². The number of halogens is 3. The fourth-order valence-electron chi connectivity index (χ4n) is 1.79. The topological polar surface area (TPSA) is 9.23 Å². The van der Waals surface area contributed by atoms with Crippen LogP contribution in [0, 0.1) is 0 Å². The van der Waals surface area contributed by atoms with Gasteiger partial charge in [-0.25, -0.2) is 0 Å². The van der Waals surface area contributed by atoms with Gasteiger partial charge in [0.1, 0.15) is 0 Å². The Morgan fingerprint density at radius 1 is 1.38 bits per heavy atom. The first kappa shape index (κ1) is 11.2. The van der Waals surface area contributed by atoms with Crippen molar-refractivity contribution in [2.24, 2.45) is 0 Å². The Hall–Kier alpha value is -1.29. The second-order valence-corrected chi connectivity index (χ2v) is 3.86. The van der Waals surface area contributed by atoms with Gasteiger partial charge in [-0.15, -0.1) is 0 Å². The summed E-state index contributed by atoms with van der Waals surface area (Å²) in [7, 11) is 0. The van der Waals surface area contributed by atoms with Crippen LogP contribution in [0.3, 0.4) is 0 Å². The van der Waals surface area contributed by atoms with Gasteiger partial charge in [-0.2, -0.15) is 13.2 Å². The van der Waals surface area contributed by atoms with E-state index in [0.717, 1.165) is 23.3 Å². The van der Waals surface area contributed by atoms with Gasteiger partial charge in [-0.1, -0.05) is 12.6 Å². The van der Waals surface area contributed by atoms with E-state index in [1.165, 1.54) is 6.07 Å². The average molecular weight is 228 g/mol. The molecule has 1 unspecified atom stereocenters. The molecule has 0 amide bonds. The lowest BCUT2D eigenvalue weighted by Gasteiger charge is -2.25. The highest BCUT2D eigenvalue weighted by Gasteiger charge is 2.32. The molecule has 1 atom stereocenters. The van der Waals surface area contributed by atoms with Gasteiger partial charge in [0.2, 0.25) is 0 Å². The van der Waals surface area contributed by atoms with Crippen molar-refractivity contribution in [1.29, 1.82) is 0 Å². The summed E-state index contributed by atoms with van der Waals surface area (Å²) in [5, 5.41) is 0. The van der Waals surface area contributed by atoms with E-state index in [4.69, 9.17) is 4.74 Å². The lowest BCUT2D eigenvalue weighted by Crippen LogP contribution is -2.15. The summed E-state index contributed by atoms with van der Waals surface area (Å²) in [6.07, 6.45) is -4.63. The van der Waals surface area contributed by atoms with E-state index in [1.54, 1.807) is 6.92 Å². The van der Waals surface area contributed by atoms with Crippen molar-refractivity contribution in [3.63, 3.8) is 0 Å². The Morgan fingerprint density at radius 2 is 2.06 bits per heavy atom. The number of benzene rings is 1. The second-order valence-electron chi connectivity index (χ2n) is 3.86. The fourth-order valence-corrected chi connectivity index (χ4v) is 1.79. The smallest absolute Gasteiger partial charge is 0.369 e. The minimum absolute atomic E-state index is 0.317. The normalized spacial score (nSPS) is 20.8. The second kappa shape index (κ2) is 3.63. The van der Waals surface area contributed by atoms with E-state index in [9.17, 15) is 13.2 Å². The maximum atomic E-state index is 12.5. The van der Waals surface area contributed by atoms with Gasteiger partial charge in [-0.3, -0.25) is 0 Å². The largest absolute Gasteiger partial charge is 0.416 e. The Kier molecular flexibility index (Phi) is 2.54. The summed E-state index contributed by atoms with van der Waals surface area (Å²) < 4.78 is 42.9. The molecule has 0 radical (unpaired) electrons. The van der Waals surface area contributed by atoms with Crippen LogP contribution in [-0.4, -0.2) is 6.61 Å². The quantitative estimate of drug-likeness (QED) is 0.656. The standard InChI is InChI=1S/C12H11F3O/c1-7-6-16-8(2)11-5-9(12(13,14)15)3-4-10(7)11/h3-5,8H,1,6H2,2H3. The average Bonchev–Trinajstić information content (AvgIpc) is 2.22. The molecule has 0 fully saturated rings. The van der Waals surface area contributed by atoms with Crippen molar-refractivity contribution in [2.45, 2.75) is 19.2 Å². The van der Waals surface area contributed by atoms with E-state index in [0.29, 0.717) is 12.2 Å². The number of alkyl halides is 3. The summed E-state index contributed by atoms with van der Waals surface area (Å²) >= 11 is 0. The molecule has 0 bridgehead atoms. The van der Waals surface area contributed by atoms with Crippen molar-refractivity contribution < 1.29 is 17.9 Å². The van der Waals surface area contributed by atoms with E-state index in [1.807, 2.05) is 0 Å². The zero-order chi connectivity index (χ0) is 11.9. The maximum Gasteiger partial charge on any atom is 0.416 e. The van der Waals surface area contributed by atoms with Crippen LogP contribution in [-0.2, 0) is 10.9 Å². The van der Waals surface area contributed by atoms with Gasteiger partial charge >= 0.3 is 6.18 Å². The van der Waals surface area contributed by atoms with Crippen LogP contribution in [0.2, 0.25) is 0 Å². The van der Waals surface area contributed by atoms with Crippen LogP contribution in [0.15, 0.2) is 24.8 Å². The molecule has 2 rings (SSSR count). The van der Waals surface area contributed by atoms with E-state index in [2.05, 4.69) is 6.58 Å². The SMILES string of the molecule is C=C1COC(C)c2cc(C(F)(F)F)ccc21. The Labute approximate surface area is 91.5 Å². The van der Waals surface area contributed by atoms with Gasteiger partial charge < -0.3 is 4.74 Å². The van der Waals surface area contributed by atoms with Crippen LogP contribution >= 0.6 is 0 Å². The molecule has 1 aromatic rings. The summed E-state index contributed by atoms with van der Waals surface area (Å²) in [4.78, 5) is 0. The molecule has 1 nitrogen and oxygen atoms in total. The van der Waals surface area contributed by atoms with Crippen LogP contribution in [0.4, 0.5) is 13.2 Å². The lowest BCUT2D eigenvalue weighted by molar-refractivity contribution is -0.137. The van der Waals surface area contributed by atoms with Gasteiger partial charge in [0.15, 0.2) is 0 Å². The molecule has 16 heavy (non-hydrogen) atoms. The molecule has 4 heteroatoms. The molecule has 0 spiro atoms. The van der Waals surface area contributed by atoms with Crippen LogP contribution < -0.4 is 0 Å². The zero-order valence-electron chi connectivity index (χ0n) is 8.77. The Bertz CT molecular complexity index is 434. The van der Waals surface area contributed by atoms with Crippen molar-refractivity contribution in [2.75, 3.05) is 6.61 Å². The monoisotopic (exact) mass is 228 g/mol. The van der Waals surface area contributed by atoms with Crippen molar-refractivity contribution >= 4 is 5.57 Å². The summed E-state index contributed by atoms with van der Waals surface area (Å²) in [6.45, 7) is 5.89. The molecule has 0 aromatic heterocycles. The number of fused-ring (bicyclic) bond motifs is 1. The summed E-state index contributed by atoms with van der Waals surface area (Å²) in [6, 6.07) is 3.70. The maximum absolute atomic E-state index is 12.5. The molecule has 0 saturated heterocycles. The number of hydrogen-bond donors (Lipinski definition) is 0. The molecule has 1 aliphatic rings. The first-order valence-corrected chi connectivity index (χ1v) is 4.90. The highest BCUT2D eigenvalue weighted by atomic mass is 19.4. The molecule has 1 aliphatic heterocycles. The first-order chi connectivity index (χ1) is 7.39. The lowest BCUT2D eigenvalue weighted by atomic mass is 9.93. The van der Waals surface area contributed by atoms with Crippen molar-refractivity contribution in [3.8, 4) is 0 Å². The molecule has 0 aliphatic carbocycles. The highest BCUT2D eigenvalue weighted by molar-refractivity contribution is 5.69. The molecule has 86 valence electrons. The Morgan fingerprint density at radius 3 is 2.69 bits per heavy atom. The molecular weight excluding hydrogens is 217 g/mol. The van der Waals surface area contributed by atoms with E-state index in [-0.39, 0.29) is 6.10 Å². The fraction of sp³-hybridized carbons (Fsp3) is 0.333. The van der Waals surface area contributed by atoms with E-state index < -0.39 is 11.7 Å². The summed E-state index contributed by atoms with van der Waals surface area (Å²) in [5.41, 5.74) is 1.41. The highest BCUT2D eigenvalue weighted by Crippen LogP contribution is 2.37. The minimum Gasteiger partial charge on any atom is -0.369 e.